The lowest BCUT2D eigenvalue weighted by Crippen LogP contribution is -2.52. The van der Waals surface area contributed by atoms with Crippen molar-refractivity contribution >= 4 is 5.84 Å². The Balaban J connectivity index is 1.71. The zero-order chi connectivity index (χ0) is 18.1. The van der Waals surface area contributed by atoms with E-state index in [2.05, 4.69) is 16.5 Å². The molecule has 0 aromatic heterocycles. The van der Waals surface area contributed by atoms with Gasteiger partial charge in [0.15, 0.2) is 0 Å². The number of nitrogens with zero attached hydrogens (tertiary/aromatic N) is 3. The summed E-state index contributed by atoms with van der Waals surface area (Å²) in [6.45, 7) is 7.65. The van der Waals surface area contributed by atoms with Crippen molar-refractivity contribution in [1.29, 1.82) is 0 Å². The summed E-state index contributed by atoms with van der Waals surface area (Å²) in [5.41, 5.74) is 7.23. The van der Waals surface area contributed by atoms with Crippen molar-refractivity contribution in [2.45, 2.75) is 31.5 Å². The van der Waals surface area contributed by atoms with Gasteiger partial charge in [-0.25, -0.2) is 13.8 Å². The summed E-state index contributed by atoms with van der Waals surface area (Å²) < 4.78 is 33.4. The molecule has 5 nitrogen and oxygen atoms in total. The van der Waals surface area contributed by atoms with Crippen LogP contribution >= 0.6 is 0 Å². The number of benzene rings is 1. The summed E-state index contributed by atoms with van der Waals surface area (Å²) in [7, 11) is 1.97. The molecule has 136 valence electrons. The Hall–Kier alpha value is -1.83. The first-order valence-corrected chi connectivity index (χ1v) is 8.35. The quantitative estimate of drug-likeness (QED) is 0.889. The number of rotatable bonds is 2. The molecule has 1 saturated heterocycles. The van der Waals surface area contributed by atoms with E-state index in [9.17, 15) is 8.78 Å². The summed E-state index contributed by atoms with van der Waals surface area (Å²) in [6.07, 6.45) is -0.0151. The molecule has 2 heterocycles. The van der Waals surface area contributed by atoms with Gasteiger partial charge in [0.2, 0.25) is 0 Å². The molecule has 2 N–H and O–H groups in total. The lowest BCUT2D eigenvalue weighted by atomic mass is 9.93. The summed E-state index contributed by atoms with van der Waals surface area (Å²) in [6, 6.07) is 3.03. The third-order valence-electron chi connectivity index (χ3n) is 4.83. The maximum atomic E-state index is 14.0. The molecule has 7 heteroatoms. The minimum atomic E-state index is -0.641. The fourth-order valence-corrected chi connectivity index (χ4v) is 3.41. The van der Waals surface area contributed by atoms with Crippen LogP contribution in [0.15, 0.2) is 35.5 Å². The van der Waals surface area contributed by atoms with Crippen LogP contribution in [0.1, 0.15) is 25.0 Å². The lowest BCUT2D eigenvalue weighted by molar-refractivity contribution is -0.0547. The highest BCUT2D eigenvalue weighted by atomic mass is 19.1. The molecule has 2 aliphatic rings. The molecule has 0 saturated carbocycles. The highest BCUT2D eigenvalue weighted by molar-refractivity contribution is 5.80. The number of halogens is 2. The summed E-state index contributed by atoms with van der Waals surface area (Å²) in [5.74, 6) is -0.0761. The molecule has 1 aromatic rings. The van der Waals surface area contributed by atoms with E-state index in [1.54, 1.807) is 0 Å². The Morgan fingerprint density at radius 2 is 2.12 bits per heavy atom. The highest BCUT2D eigenvalue weighted by Gasteiger charge is 2.35. The van der Waals surface area contributed by atoms with Gasteiger partial charge in [0, 0.05) is 36.9 Å². The predicted molar refractivity (Wildman–Crippen MR) is 93.0 cm³/mol. The molecule has 3 rings (SSSR count). The van der Waals surface area contributed by atoms with E-state index >= 15 is 0 Å². The van der Waals surface area contributed by atoms with Crippen LogP contribution in [0.3, 0.4) is 0 Å². The van der Waals surface area contributed by atoms with E-state index in [0.29, 0.717) is 26.2 Å². The molecular weight excluding hydrogens is 326 g/mol. The standard InChI is InChI=1S/C18H24F2N4O/c1-11-8-24(10-23(3)12(2)22-11)14-7-17(21)18(25-9-14)15-6-13(19)4-5-16(15)20/h4-6,14,17-18H,1,7-10,21H2,2-3H3/t14?,17?,18-/m1/s1. The molecule has 25 heavy (non-hydrogen) atoms. The molecule has 0 amide bonds. The maximum absolute atomic E-state index is 14.0. The summed E-state index contributed by atoms with van der Waals surface area (Å²) in [4.78, 5) is 8.70. The maximum Gasteiger partial charge on any atom is 0.129 e. The molecular formula is C18H24F2N4O. The monoisotopic (exact) mass is 350 g/mol. The van der Waals surface area contributed by atoms with Crippen molar-refractivity contribution < 1.29 is 13.5 Å². The van der Waals surface area contributed by atoms with E-state index < -0.39 is 23.8 Å². The second-order valence-corrected chi connectivity index (χ2v) is 6.78. The van der Waals surface area contributed by atoms with E-state index in [1.165, 1.54) is 6.07 Å². The Morgan fingerprint density at radius 1 is 1.36 bits per heavy atom. The number of amidine groups is 1. The molecule has 1 fully saturated rings. The van der Waals surface area contributed by atoms with Crippen molar-refractivity contribution in [3.8, 4) is 0 Å². The van der Waals surface area contributed by atoms with Crippen LogP contribution in [-0.2, 0) is 4.74 Å². The van der Waals surface area contributed by atoms with E-state index in [4.69, 9.17) is 10.5 Å². The van der Waals surface area contributed by atoms with Gasteiger partial charge in [-0.05, 0) is 31.5 Å². The number of aliphatic imine (C=N–C) groups is 1. The summed E-state index contributed by atoms with van der Waals surface area (Å²) in [5, 5.41) is 0. The third kappa shape index (κ3) is 3.89. The van der Waals surface area contributed by atoms with Crippen LogP contribution in [-0.4, -0.2) is 54.6 Å². The van der Waals surface area contributed by atoms with Gasteiger partial charge in [0.25, 0.3) is 0 Å². The van der Waals surface area contributed by atoms with E-state index in [0.717, 1.165) is 23.7 Å². The van der Waals surface area contributed by atoms with Crippen molar-refractivity contribution in [2.24, 2.45) is 10.7 Å². The Bertz CT molecular complexity index is 694. The van der Waals surface area contributed by atoms with Gasteiger partial charge in [0.1, 0.15) is 23.6 Å². The Labute approximate surface area is 146 Å². The van der Waals surface area contributed by atoms with Crippen molar-refractivity contribution in [3.63, 3.8) is 0 Å². The van der Waals surface area contributed by atoms with Crippen LogP contribution in [0.25, 0.3) is 0 Å². The molecule has 0 radical (unpaired) electrons. The Morgan fingerprint density at radius 3 is 2.84 bits per heavy atom. The van der Waals surface area contributed by atoms with Gasteiger partial charge < -0.3 is 15.4 Å². The molecule has 2 aliphatic heterocycles. The molecule has 0 bridgehead atoms. The van der Waals surface area contributed by atoms with Gasteiger partial charge in [-0.2, -0.15) is 0 Å². The Kier molecular flexibility index (Phi) is 5.17. The van der Waals surface area contributed by atoms with E-state index in [-0.39, 0.29) is 11.6 Å². The van der Waals surface area contributed by atoms with Gasteiger partial charge in [-0.1, -0.05) is 6.58 Å². The zero-order valence-corrected chi connectivity index (χ0v) is 14.6. The van der Waals surface area contributed by atoms with Gasteiger partial charge in [-0.15, -0.1) is 0 Å². The SMILES string of the molecule is C=C1CN(C2CO[C@H](c3cc(F)ccc3F)C(N)C2)CN(C)C(C)=N1. The topological polar surface area (TPSA) is 54.1 Å². The van der Waals surface area contributed by atoms with Crippen LogP contribution in [0.4, 0.5) is 8.78 Å². The average Bonchev–Trinajstić information content (AvgIpc) is 2.68. The molecule has 1 aromatic carbocycles. The van der Waals surface area contributed by atoms with Gasteiger partial charge >= 0.3 is 0 Å². The van der Waals surface area contributed by atoms with Crippen LogP contribution in [0.2, 0.25) is 0 Å². The first-order chi connectivity index (χ1) is 11.8. The fraction of sp³-hybridized carbons (Fsp3) is 0.500. The first-order valence-electron chi connectivity index (χ1n) is 8.35. The minimum absolute atomic E-state index is 0.0724. The second kappa shape index (κ2) is 7.19. The largest absolute Gasteiger partial charge is 0.370 e. The first kappa shape index (κ1) is 18.0. The zero-order valence-electron chi connectivity index (χ0n) is 14.6. The van der Waals surface area contributed by atoms with Crippen molar-refractivity contribution in [2.75, 3.05) is 26.9 Å². The minimum Gasteiger partial charge on any atom is -0.370 e. The second-order valence-electron chi connectivity index (χ2n) is 6.78. The van der Waals surface area contributed by atoms with Crippen LogP contribution < -0.4 is 5.73 Å². The number of ether oxygens (including phenoxy) is 1. The predicted octanol–water partition coefficient (Wildman–Crippen LogP) is 2.26. The molecule has 3 atom stereocenters. The third-order valence-corrected chi connectivity index (χ3v) is 4.83. The fourth-order valence-electron chi connectivity index (χ4n) is 3.41. The average molecular weight is 350 g/mol. The van der Waals surface area contributed by atoms with Crippen molar-refractivity contribution in [1.82, 2.24) is 9.80 Å². The van der Waals surface area contributed by atoms with Gasteiger partial charge in [-0.3, -0.25) is 4.90 Å². The lowest BCUT2D eigenvalue weighted by Gasteiger charge is -2.40. The van der Waals surface area contributed by atoms with Crippen LogP contribution in [0.5, 0.6) is 0 Å². The van der Waals surface area contributed by atoms with Crippen LogP contribution in [0, 0.1) is 11.6 Å². The summed E-state index contributed by atoms with van der Waals surface area (Å²) >= 11 is 0. The molecule has 2 unspecified atom stereocenters. The van der Waals surface area contributed by atoms with Gasteiger partial charge in [0.05, 0.1) is 13.3 Å². The number of hydrogen-bond donors (Lipinski definition) is 1. The van der Waals surface area contributed by atoms with E-state index in [1.807, 2.05) is 18.9 Å². The van der Waals surface area contributed by atoms with Crippen molar-refractivity contribution in [3.05, 3.63) is 47.7 Å². The molecule has 0 aliphatic carbocycles. The highest BCUT2D eigenvalue weighted by Crippen LogP contribution is 2.31. The molecule has 0 spiro atoms. The number of hydrogen-bond acceptors (Lipinski definition) is 5. The normalized spacial score (nSPS) is 28.7. The smallest absolute Gasteiger partial charge is 0.129 e. The number of nitrogens with two attached hydrogens (primary N) is 1.